The van der Waals surface area contributed by atoms with E-state index in [2.05, 4.69) is 15.0 Å². The minimum Gasteiger partial charge on any atom is -0.468 e. The third-order valence-electron chi connectivity index (χ3n) is 3.69. The van der Waals surface area contributed by atoms with E-state index in [0.717, 1.165) is 12.8 Å². The number of nitrogens with zero attached hydrogens (tertiary/aromatic N) is 2. The smallest absolute Gasteiger partial charge is 0.325 e. The van der Waals surface area contributed by atoms with Gasteiger partial charge in [0.1, 0.15) is 6.54 Å². The summed E-state index contributed by atoms with van der Waals surface area (Å²) < 4.78 is 6.04. The number of ether oxygens (including phenoxy) is 1. The second kappa shape index (κ2) is 8.81. The largest absolute Gasteiger partial charge is 0.468 e. The number of nitrogens with one attached hydrogen (secondary N) is 1. The highest BCUT2D eigenvalue weighted by Gasteiger charge is 2.06. The highest BCUT2D eigenvalue weighted by Crippen LogP contribution is 2.06. The van der Waals surface area contributed by atoms with Crippen LogP contribution in [0, 0.1) is 0 Å². The van der Waals surface area contributed by atoms with E-state index in [1.807, 2.05) is 18.2 Å². The average molecular weight is 331 g/mol. The zero-order chi connectivity index (χ0) is 17.4. The summed E-state index contributed by atoms with van der Waals surface area (Å²) in [7, 11) is 1.28. The maximum absolute atomic E-state index is 12.3. The summed E-state index contributed by atoms with van der Waals surface area (Å²) >= 11 is 0. The van der Waals surface area contributed by atoms with Crippen molar-refractivity contribution in [1.29, 1.82) is 0 Å². The van der Waals surface area contributed by atoms with Crippen LogP contribution in [0.25, 0.3) is 10.9 Å². The van der Waals surface area contributed by atoms with Gasteiger partial charge in [0.2, 0.25) is 5.91 Å². The van der Waals surface area contributed by atoms with Crippen molar-refractivity contribution >= 4 is 22.8 Å². The molecule has 1 heterocycles. The number of carbonyl (C=O) groups is 2. The number of methoxy groups -OCH3 is 1. The normalized spacial score (nSPS) is 10.5. The molecule has 0 aliphatic rings. The molecule has 2 rings (SSSR count). The van der Waals surface area contributed by atoms with E-state index in [-0.39, 0.29) is 18.0 Å². The molecule has 0 saturated carbocycles. The molecule has 0 fully saturated rings. The third-order valence-corrected chi connectivity index (χ3v) is 3.69. The lowest BCUT2D eigenvalue weighted by Gasteiger charge is -2.07. The quantitative estimate of drug-likeness (QED) is 0.581. The van der Waals surface area contributed by atoms with Gasteiger partial charge in [0.15, 0.2) is 0 Å². The number of aromatic nitrogens is 2. The summed E-state index contributed by atoms with van der Waals surface area (Å²) in [5.41, 5.74) is 0.650. The summed E-state index contributed by atoms with van der Waals surface area (Å²) in [6.07, 6.45) is 4.20. The van der Waals surface area contributed by atoms with E-state index >= 15 is 0 Å². The van der Waals surface area contributed by atoms with Gasteiger partial charge in [-0.2, -0.15) is 0 Å². The highest BCUT2D eigenvalue weighted by atomic mass is 16.5. The van der Waals surface area contributed by atoms with Gasteiger partial charge in [-0.05, 0) is 25.0 Å². The zero-order valence-corrected chi connectivity index (χ0v) is 13.7. The van der Waals surface area contributed by atoms with Gasteiger partial charge in [0.05, 0.1) is 24.3 Å². The first-order chi connectivity index (χ1) is 11.6. The van der Waals surface area contributed by atoms with Crippen molar-refractivity contribution in [3.05, 3.63) is 40.9 Å². The Kier molecular flexibility index (Phi) is 6.48. The summed E-state index contributed by atoms with van der Waals surface area (Å²) in [6, 6.07) is 7.26. The lowest BCUT2D eigenvalue weighted by Crippen LogP contribution is -2.29. The molecule has 7 nitrogen and oxygen atoms in total. The Morgan fingerprint density at radius 1 is 1.21 bits per heavy atom. The third kappa shape index (κ3) is 4.91. The summed E-state index contributed by atoms with van der Waals surface area (Å²) in [4.78, 5) is 39.0. The Morgan fingerprint density at radius 3 is 2.79 bits per heavy atom. The van der Waals surface area contributed by atoms with E-state index in [1.165, 1.54) is 7.11 Å². The first-order valence-electron chi connectivity index (χ1n) is 7.89. The Hall–Kier alpha value is -2.70. The van der Waals surface area contributed by atoms with Gasteiger partial charge >= 0.3 is 5.97 Å². The number of para-hydroxylation sites is 1. The van der Waals surface area contributed by atoms with Crippen LogP contribution in [0.1, 0.15) is 25.7 Å². The van der Waals surface area contributed by atoms with Crippen LogP contribution in [0.15, 0.2) is 35.4 Å². The number of rotatable bonds is 8. The SMILES string of the molecule is COC(=O)CNC(=O)CCCCCn1cnc2ccccc2c1=O. The molecule has 7 heteroatoms. The number of fused-ring (bicyclic) bond motifs is 1. The molecule has 0 saturated heterocycles. The van der Waals surface area contributed by atoms with Gasteiger partial charge < -0.3 is 10.1 Å². The monoisotopic (exact) mass is 331 g/mol. The van der Waals surface area contributed by atoms with Crippen molar-refractivity contribution in [1.82, 2.24) is 14.9 Å². The molecule has 1 aromatic heterocycles. The van der Waals surface area contributed by atoms with Gasteiger partial charge in [0.25, 0.3) is 5.56 Å². The van der Waals surface area contributed by atoms with Crippen molar-refractivity contribution in [2.24, 2.45) is 0 Å². The van der Waals surface area contributed by atoms with Crippen molar-refractivity contribution in [3.8, 4) is 0 Å². The number of amides is 1. The zero-order valence-electron chi connectivity index (χ0n) is 13.7. The van der Waals surface area contributed by atoms with E-state index in [9.17, 15) is 14.4 Å². The fourth-order valence-corrected chi connectivity index (χ4v) is 2.34. The van der Waals surface area contributed by atoms with Crippen LogP contribution in [0.3, 0.4) is 0 Å². The number of esters is 1. The summed E-state index contributed by atoms with van der Waals surface area (Å²) in [5.74, 6) is -0.642. The first-order valence-corrected chi connectivity index (χ1v) is 7.89. The van der Waals surface area contributed by atoms with Gasteiger partial charge in [0, 0.05) is 13.0 Å². The second-order valence-electron chi connectivity index (χ2n) is 5.42. The number of hydrogen-bond acceptors (Lipinski definition) is 5. The molecule has 2 aromatic rings. The number of aryl methyl sites for hydroxylation is 1. The van der Waals surface area contributed by atoms with Gasteiger partial charge in [-0.15, -0.1) is 0 Å². The Labute approximate surface area is 139 Å². The van der Waals surface area contributed by atoms with Gasteiger partial charge in [-0.3, -0.25) is 19.0 Å². The molecule has 24 heavy (non-hydrogen) atoms. The fourth-order valence-electron chi connectivity index (χ4n) is 2.34. The average Bonchev–Trinajstić information content (AvgIpc) is 2.61. The van der Waals surface area contributed by atoms with Crippen LogP contribution >= 0.6 is 0 Å². The number of benzene rings is 1. The van der Waals surface area contributed by atoms with Crippen LogP contribution < -0.4 is 10.9 Å². The highest BCUT2D eigenvalue weighted by molar-refractivity contribution is 5.81. The molecule has 0 spiro atoms. The molecule has 0 aliphatic carbocycles. The minimum atomic E-state index is -0.466. The predicted molar refractivity (Wildman–Crippen MR) is 89.5 cm³/mol. The molecule has 1 N–H and O–H groups in total. The minimum absolute atomic E-state index is 0.0450. The van der Waals surface area contributed by atoms with E-state index < -0.39 is 5.97 Å². The fraction of sp³-hybridized carbons (Fsp3) is 0.412. The van der Waals surface area contributed by atoms with Crippen LogP contribution in [0.4, 0.5) is 0 Å². The Bertz CT molecular complexity index is 770. The van der Waals surface area contributed by atoms with Crippen molar-refractivity contribution in [2.75, 3.05) is 13.7 Å². The Balaban J connectivity index is 1.73. The molecule has 0 unspecified atom stereocenters. The molecular weight excluding hydrogens is 310 g/mol. The second-order valence-corrected chi connectivity index (χ2v) is 5.42. The predicted octanol–water partition coefficient (Wildman–Crippen LogP) is 1.25. The van der Waals surface area contributed by atoms with Crippen LogP contribution in [-0.2, 0) is 20.9 Å². The molecule has 0 atom stereocenters. The van der Waals surface area contributed by atoms with Crippen molar-refractivity contribution < 1.29 is 14.3 Å². The first kappa shape index (κ1) is 17.7. The Morgan fingerprint density at radius 2 is 2.00 bits per heavy atom. The maximum atomic E-state index is 12.3. The summed E-state index contributed by atoms with van der Waals surface area (Å²) in [6.45, 7) is 0.466. The maximum Gasteiger partial charge on any atom is 0.325 e. The standard InChI is InChI=1S/C17H21N3O4/c1-24-16(22)11-18-15(21)9-3-2-6-10-20-12-19-14-8-5-4-7-13(14)17(20)23/h4-5,7-8,12H,2-3,6,9-11H2,1H3,(H,18,21). The number of hydrogen-bond donors (Lipinski definition) is 1. The van der Waals surface area contributed by atoms with Crippen molar-refractivity contribution in [3.63, 3.8) is 0 Å². The van der Waals surface area contributed by atoms with Crippen molar-refractivity contribution in [2.45, 2.75) is 32.2 Å². The number of unbranched alkanes of at least 4 members (excludes halogenated alkanes) is 2. The van der Waals surface area contributed by atoms with Crippen LogP contribution in [0.5, 0.6) is 0 Å². The molecule has 0 radical (unpaired) electrons. The molecule has 0 aliphatic heterocycles. The number of carbonyl (C=O) groups excluding carboxylic acids is 2. The summed E-state index contributed by atoms with van der Waals surface area (Å²) in [5, 5.41) is 3.11. The van der Waals surface area contributed by atoms with Crippen LogP contribution in [0.2, 0.25) is 0 Å². The van der Waals surface area contributed by atoms with Gasteiger partial charge in [-0.25, -0.2) is 4.98 Å². The topological polar surface area (TPSA) is 90.3 Å². The van der Waals surface area contributed by atoms with E-state index in [0.29, 0.717) is 30.3 Å². The molecular formula is C17H21N3O4. The lowest BCUT2D eigenvalue weighted by atomic mass is 10.2. The molecule has 128 valence electrons. The van der Waals surface area contributed by atoms with Crippen LogP contribution in [-0.4, -0.2) is 35.1 Å². The molecule has 1 aromatic carbocycles. The lowest BCUT2D eigenvalue weighted by molar-refractivity contribution is -0.141. The van der Waals surface area contributed by atoms with E-state index in [1.54, 1.807) is 17.0 Å². The van der Waals surface area contributed by atoms with Gasteiger partial charge in [-0.1, -0.05) is 18.6 Å². The van der Waals surface area contributed by atoms with E-state index in [4.69, 9.17) is 0 Å². The molecule has 1 amide bonds. The molecule has 0 bridgehead atoms.